The number of amides is 1. The van der Waals surface area contributed by atoms with Crippen LogP contribution in [0.5, 0.6) is 0 Å². The Kier molecular flexibility index (Phi) is 6.04. The summed E-state index contributed by atoms with van der Waals surface area (Å²) >= 11 is 0. The average Bonchev–Trinajstić information content (AvgIpc) is 2.68. The highest BCUT2D eigenvalue weighted by Crippen LogP contribution is 2.19. The van der Waals surface area contributed by atoms with Crippen molar-refractivity contribution in [1.29, 1.82) is 0 Å². The van der Waals surface area contributed by atoms with E-state index >= 15 is 0 Å². The van der Waals surface area contributed by atoms with Crippen molar-refractivity contribution < 1.29 is 17.6 Å². The lowest BCUT2D eigenvalue weighted by Gasteiger charge is -2.13. The van der Waals surface area contributed by atoms with Gasteiger partial charge in [0.1, 0.15) is 5.82 Å². The normalized spacial score (nSPS) is 12.6. The molecular weight excluding hydrogens is 379 g/mol. The average molecular weight is 400 g/mol. The fourth-order valence-corrected chi connectivity index (χ4v) is 4.36. The lowest BCUT2D eigenvalue weighted by atomic mass is 10.1. The van der Waals surface area contributed by atoms with E-state index in [9.17, 15) is 17.6 Å². The molecule has 1 heterocycles. The van der Waals surface area contributed by atoms with Crippen LogP contribution in [0.4, 0.5) is 4.39 Å². The summed E-state index contributed by atoms with van der Waals surface area (Å²) in [5, 5.41) is 2.90. The van der Waals surface area contributed by atoms with Crippen LogP contribution in [0.1, 0.15) is 18.9 Å². The second-order valence-corrected chi connectivity index (χ2v) is 8.97. The van der Waals surface area contributed by atoms with Crippen LogP contribution in [0, 0.1) is 5.82 Å². The summed E-state index contributed by atoms with van der Waals surface area (Å²) in [6.45, 7) is 1.87. The number of carbonyl (C=O) groups is 1. The standard InChI is InChI=1S/C21H21FN2O3S/c1-15(28(26,27)19-9-7-18(22)8-10-19)14-20(25)23-13-11-17-5-2-4-16-6-3-12-24-21(16)17/h2-10,12,15H,11,13-14H2,1H3,(H,23,25). The van der Waals surface area contributed by atoms with E-state index in [1.165, 1.54) is 19.1 Å². The van der Waals surface area contributed by atoms with Gasteiger partial charge in [-0.15, -0.1) is 0 Å². The SMILES string of the molecule is CC(CC(=O)NCCc1cccc2cccnc12)S(=O)(=O)c1ccc(F)cc1. The zero-order valence-electron chi connectivity index (χ0n) is 15.4. The smallest absolute Gasteiger partial charge is 0.221 e. The molecule has 0 radical (unpaired) electrons. The maximum absolute atomic E-state index is 13.0. The Morgan fingerprint density at radius 2 is 1.82 bits per heavy atom. The molecule has 28 heavy (non-hydrogen) atoms. The second-order valence-electron chi connectivity index (χ2n) is 6.61. The number of rotatable bonds is 7. The molecule has 1 unspecified atom stereocenters. The van der Waals surface area contributed by atoms with Gasteiger partial charge in [0.25, 0.3) is 0 Å². The minimum Gasteiger partial charge on any atom is -0.356 e. The van der Waals surface area contributed by atoms with Crippen molar-refractivity contribution in [2.24, 2.45) is 0 Å². The topological polar surface area (TPSA) is 76.1 Å². The van der Waals surface area contributed by atoms with Gasteiger partial charge >= 0.3 is 0 Å². The summed E-state index contributed by atoms with van der Waals surface area (Å²) in [5.74, 6) is -0.848. The number of sulfone groups is 1. The molecule has 1 atom stereocenters. The maximum atomic E-state index is 13.0. The molecule has 0 saturated heterocycles. The molecule has 5 nitrogen and oxygen atoms in total. The number of carbonyl (C=O) groups excluding carboxylic acids is 1. The molecule has 0 bridgehead atoms. The summed E-state index contributed by atoms with van der Waals surface area (Å²) in [6, 6.07) is 14.4. The molecule has 3 rings (SSSR count). The van der Waals surface area contributed by atoms with Crippen molar-refractivity contribution in [3.63, 3.8) is 0 Å². The number of nitrogens with one attached hydrogen (secondary N) is 1. The Balaban J connectivity index is 1.57. The van der Waals surface area contributed by atoms with E-state index < -0.39 is 20.9 Å². The highest BCUT2D eigenvalue weighted by atomic mass is 32.2. The zero-order valence-corrected chi connectivity index (χ0v) is 16.2. The number of para-hydroxylation sites is 1. The molecule has 1 N–H and O–H groups in total. The van der Waals surface area contributed by atoms with E-state index in [4.69, 9.17) is 0 Å². The summed E-state index contributed by atoms with van der Waals surface area (Å²) in [5.41, 5.74) is 1.91. The molecule has 1 aromatic heterocycles. The zero-order chi connectivity index (χ0) is 20.1. The van der Waals surface area contributed by atoms with Crippen LogP contribution < -0.4 is 5.32 Å². The van der Waals surface area contributed by atoms with Gasteiger partial charge in [0, 0.05) is 24.5 Å². The third-order valence-corrected chi connectivity index (χ3v) is 6.73. The van der Waals surface area contributed by atoms with E-state index in [1.54, 1.807) is 6.20 Å². The number of nitrogens with zero attached hydrogens (tertiary/aromatic N) is 1. The number of hydrogen-bond donors (Lipinski definition) is 1. The number of halogens is 1. The first kappa shape index (κ1) is 19.9. The van der Waals surface area contributed by atoms with Gasteiger partial charge in [0.2, 0.25) is 5.91 Å². The van der Waals surface area contributed by atoms with Crippen molar-refractivity contribution >= 4 is 26.6 Å². The van der Waals surface area contributed by atoms with Crippen LogP contribution in [0.25, 0.3) is 10.9 Å². The van der Waals surface area contributed by atoms with Crippen LogP contribution in [0.3, 0.4) is 0 Å². The van der Waals surface area contributed by atoms with Gasteiger partial charge in [-0.3, -0.25) is 9.78 Å². The number of fused-ring (bicyclic) bond motifs is 1. The molecule has 3 aromatic rings. The predicted octanol–water partition coefficient (Wildman–Crippen LogP) is 3.29. The summed E-state index contributed by atoms with van der Waals surface area (Å²) in [6.07, 6.45) is 2.17. The molecular formula is C21H21FN2O3S. The van der Waals surface area contributed by atoms with Crippen molar-refractivity contribution in [2.75, 3.05) is 6.54 Å². The Hall–Kier alpha value is -2.80. The highest BCUT2D eigenvalue weighted by Gasteiger charge is 2.25. The van der Waals surface area contributed by atoms with Gasteiger partial charge in [0.05, 0.1) is 15.7 Å². The summed E-state index contributed by atoms with van der Waals surface area (Å²) < 4.78 is 38.0. The van der Waals surface area contributed by atoms with Gasteiger partial charge in [0.15, 0.2) is 9.84 Å². The molecule has 0 aliphatic carbocycles. The van der Waals surface area contributed by atoms with Crippen LogP contribution in [0.2, 0.25) is 0 Å². The number of hydrogen-bond acceptors (Lipinski definition) is 4. The second kappa shape index (κ2) is 8.48. The van der Waals surface area contributed by atoms with Crippen LogP contribution in [-0.2, 0) is 21.1 Å². The van der Waals surface area contributed by atoms with Gasteiger partial charge in [-0.05, 0) is 49.2 Å². The minimum atomic E-state index is -3.69. The van der Waals surface area contributed by atoms with E-state index in [1.807, 2.05) is 30.3 Å². The molecule has 1 amide bonds. The maximum Gasteiger partial charge on any atom is 0.221 e. The third-order valence-electron chi connectivity index (χ3n) is 4.58. The lowest BCUT2D eigenvalue weighted by Crippen LogP contribution is -2.31. The number of aromatic nitrogens is 1. The molecule has 2 aromatic carbocycles. The third kappa shape index (κ3) is 4.54. The molecule has 0 fully saturated rings. The van der Waals surface area contributed by atoms with Crippen molar-refractivity contribution in [2.45, 2.75) is 29.9 Å². The Labute approximate surface area is 163 Å². The van der Waals surface area contributed by atoms with Gasteiger partial charge < -0.3 is 5.32 Å². The minimum absolute atomic E-state index is 0.0102. The fourth-order valence-electron chi connectivity index (χ4n) is 3.01. The van der Waals surface area contributed by atoms with Crippen molar-refractivity contribution in [3.8, 4) is 0 Å². The van der Waals surface area contributed by atoms with E-state index in [0.717, 1.165) is 28.6 Å². The number of benzene rings is 2. The first-order valence-corrected chi connectivity index (χ1v) is 10.5. The quantitative estimate of drug-likeness (QED) is 0.618. The molecule has 7 heteroatoms. The van der Waals surface area contributed by atoms with E-state index in [-0.39, 0.29) is 17.2 Å². The largest absolute Gasteiger partial charge is 0.356 e. The molecule has 0 saturated carbocycles. The highest BCUT2D eigenvalue weighted by molar-refractivity contribution is 7.92. The van der Waals surface area contributed by atoms with Crippen LogP contribution in [0.15, 0.2) is 65.7 Å². The van der Waals surface area contributed by atoms with Crippen molar-refractivity contribution in [3.05, 3.63) is 72.2 Å². The Morgan fingerprint density at radius 1 is 1.11 bits per heavy atom. The lowest BCUT2D eigenvalue weighted by molar-refractivity contribution is -0.121. The first-order chi connectivity index (χ1) is 13.4. The molecule has 0 aliphatic rings. The van der Waals surface area contributed by atoms with Gasteiger partial charge in [-0.2, -0.15) is 0 Å². The van der Waals surface area contributed by atoms with Crippen LogP contribution >= 0.6 is 0 Å². The Morgan fingerprint density at radius 3 is 2.57 bits per heavy atom. The summed E-state index contributed by atoms with van der Waals surface area (Å²) in [4.78, 5) is 16.6. The van der Waals surface area contributed by atoms with Gasteiger partial charge in [-0.25, -0.2) is 12.8 Å². The van der Waals surface area contributed by atoms with E-state index in [0.29, 0.717) is 13.0 Å². The first-order valence-electron chi connectivity index (χ1n) is 8.97. The summed E-state index contributed by atoms with van der Waals surface area (Å²) in [7, 11) is -3.69. The predicted molar refractivity (Wildman–Crippen MR) is 106 cm³/mol. The Bertz CT molecular complexity index is 1080. The molecule has 0 aliphatic heterocycles. The van der Waals surface area contributed by atoms with Gasteiger partial charge in [-0.1, -0.05) is 24.3 Å². The van der Waals surface area contributed by atoms with Crippen molar-refractivity contribution in [1.82, 2.24) is 10.3 Å². The van der Waals surface area contributed by atoms with Crippen LogP contribution in [-0.4, -0.2) is 31.1 Å². The monoisotopic (exact) mass is 400 g/mol. The van der Waals surface area contributed by atoms with E-state index in [2.05, 4.69) is 10.3 Å². The fraction of sp³-hybridized carbons (Fsp3) is 0.238. The number of pyridine rings is 1. The molecule has 146 valence electrons. The molecule has 0 spiro atoms.